The van der Waals surface area contributed by atoms with E-state index in [1.165, 1.54) is 0 Å². The standard InChI is InChI=1S/C24H25N7O/c1-14(2)31-15(3)23(32)30(4)21-8-6-17(12-22(21)31)28-24-25-10-9-18(29-24)16-5-7-19-20(11-16)27-13-26-19/h5-15H,1-4H3,(H,26,27)(H,25,28,29)/t15-/m1/s1. The molecule has 0 fully saturated rings. The van der Waals surface area contributed by atoms with Crippen LogP contribution in [0.15, 0.2) is 55.0 Å². The maximum Gasteiger partial charge on any atom is 0.249 e. The second-order valence-corrected chi connectivity index (χ2v) is 8.30. The zero-order valence-electron chi connectivity index (χ0n) is 18.5. The first kappa shape index (κ1) is 20.0. The van der Waals surface area contributed by atoms with Gasteiger partial charge < -0.3 is 20.1 Å². The summed E-state index contributed by atoms with van der Waals surface area (Å²) in [7, 11) is 1.82. The molecule has 2 aromatic carbocycles. The minimum atomic E-state index is -0.222. The third-order valence-corrected chi connectivity index (χ3v) is 5.90. The van der Waals surface area contributed by atoms with Crippen LogP contribution in [0.4, 0.5) is 23.0 Å². The first-order valence-corrected chi connectivity index (χ1v) is 10.7. The van der Waals surface area contributed by atoms with Crippen LogP contribution < -0.4 is 15.1 Å². The molecule has 162 valence electrons. The summed E-state index contributed by atoms with van der Waals surface area (Å²) in [6.45, 7) is 6.15. The highest BCUT2D eigenvalue weighted by molar-refractivity contribution is 6.05. The number of rotatable bonds is 4. The number of aromatic nitrogens is 4. The van der Waals surface area contributed by atoms with Crippen LogP contribution in [0.2, 0.25) is 0 Å². The number of aromatic amines is 1. The van der Waals surface area contributed by atoms with Crippen LogP contribution in [0, 0.1) is 0 Å². The van der Waals surface area contributed by atoms with Crippen LogP contribution in [0.3, 0.4) is 0 Å². The molecule has 3 heterocycles. The third kappa shape index (κ3) is 3.33. The van der Waals surface area contributed by atoms with Crippen molar-refractivity contribution in [1.29, 1.82) is 0 Å². The Morgan fingerprint density at radius 3 is 2.72 bits per heavy atom. The molecule has 0 saturated heterocycles. The summed E-state index contributed by atoms with van der Waals surface area (Å²) >= 11 is 0. The maximum absolute atomic E-state index is 12.7. The molecule has 1 aliphatic heterocycles. The predicted octanol–water partition coefficient (Wildman–Crippen LogP) is 4.34. The molecule has 8 heteroatoms. The number of amides is 1. The number of H-pyrrole nitrogens is 1. The molecular weight excluding hydrogens is 402 g/mol. The van der Waals surface area contributed by atoms with E-state index < -0.39 is 0 Å². The summed E-state index contributed by atoms with van der Waals surface area (Å²) in [6.07, 6.45) is 3.43. The van der Waals surface area contributed by atoms with Crippen molar-refractivity contribution in [3.8, 4) is 11.3 Å². The molecule has 2 N–H and O–H groups in total. The molecule has 2 aromatic heterocycles. The highest BCUT2D eigenvalue weighted by Gasteiger charge is 2.34. The Morgan fingerprint density at radius 1 is 1.06 bits per heavy atom. The molecule has 0 saturated carbocycles. The summed E-state index contributed by atoms with van der Waals surface area (Å²) in [5.41, 5.74) is 6.47. The maximum atomic E-state index is 12.7. The van der Waals surface area contributed by atoms with Crippen molar-refractivity contribution in [1.82, 2.24) is 19.9 Å². The molecule has 1 aliphatic rings. The Morgan fingerprint density at radius 2 is 1.91 bits per heavy atom. The lowest BCUT2D eigenvalue weighted by Gasteiger charge is -2.42. The van der Waals surface area contributed by atoms with Crippen molar-refractivity contribution in [2.24, 2.45) is 0 Å². The Balaban J connectivity index is 1.47. The molecule has 8 nitrogen and oxygen atoms in total. The van der Waals surface area contributed by atoms with E-state index in [9.17, 15) is 4.79 Å². The van der Waals surface area contributed by atoms with Gasteiger partial charge in [0.05, 0.1) is 34.4 Å². The van der Waals surface area contributed by atoms with Gasteiger partial charge in [-0.1, -0.05) is 6.07 Å². The van der Waals surface area contributed by atoms with E-state index in [1.807, 2.05) is 50.4 Å². The fraction of sp³-hybridized carbons (Fsp3) is 0.250. The van der Waals surface area contributed by atoms with Crippen molar-refractivity contribution in [2.45, 2.75) is 32.9 Å². The van der Waals surface area contributed by atoms with Crippen LogP contribution in [-0.2, 0) is 4.79 Å². The second-order valence-electron chi connectivity index (χ2n) is 8.30. The van der Waals surface area contributed by atoms with E-state index in [0.29, 0.717) is 5.95 Å². The number of fused-ring (bicyclic) bond motifs is 2. The van der Waals surface area contributed by atoms with Crippen LogP contribution in [-0.4, -0.2) is 45.0 Å². The molecule has 0 bridgehead atoms. The number of anilines is 4. The Hall–Kier alpha value is -3.94. The number of likely N-dealkylation sites (N-methyl/N-ethyl adjacent to an activating group) is 1. The van der Waals surface area contributed by atoms with Gasteiger partial charge in [-0.2, -0.15) is 0 Å². The average Bonchev–Trinajstić information content (AvgIpc) is 3.25. The van der Waals surface area contributed by atoms with E-state index in [4.69, 9.17) is 4.98 Å². The summed E-state index contributed by atoms with van der Waals surface area (Å²) in [5, 5.41) is 3.32. The molecule has 1 amide bonds. The minimum absolute atomic E-state index is 0.0946. The fourth-order valence-corrected chi connectivity index (χ4v) is 4.35. The van der Waals surface area contributed by atoms with Gasteiger partial charge in [0.15, 0.2) is 0 Å². The molecule has 1 atom stereocenters. The van der Waals surface area contributed by atoms with Gasteiger partial charge in [0.25, 0.3) is 0 Å². The van der Waals surface area contributed by atoms with Gasteiger partial charge in [0, 0.05) is 30.5 Å². The first-order chi connectivity index (χ1) is 15.4. The lowest BCUT2D eigenvalue weighted by Crippen LogP contribution is -2.53. The molecule has 0 spiro atoms. The quantitative estimate of drug-likeness (QED) is 0.503. The summed E-state index contributed by atoms with van der Waals surface area (Å²) in [6, 6.07) is 13.8. The van der Waals surface area contributed by atoms with E-state index in [0.717, 1.165) is 39.4 Å². The number of benzene rings is 2. The van der Waals surface area contributed by atoms with Crippen LogP contribution in [0.1, 0.15) is 20.8 Å². The normalized spacial score (nSPS) is 16.0. The summed E-state index contributed by atoms with van der Waals surface area (Å²) in [4.78, 5) is 33.0. The zero-order valence-corrected chi connectivity index (χ0v) is 18.5. The van der Waals surface area contributed by atoms with Crippen molar-refractivity contribution < 1.29 is 4.79 Å². The minimum Gasteiger partial charge on any atom is -0.356 e. The van der Waals surface area contributed by atoms with Gasteiger partial charge in [-0.25, -0.2) is 15.0 Å². The largest absolute Gasteiger partial charge is 0.356 e. The van der Waals surface area contributed by atoms with Crippen molar-refractivity contribution >= 4 is 40.0 Å². The van der Waals surface area contributed by atoms with Gasteiger partial charge in [0.1, 0.15) is 6.04 Å². The fourth-order valence-electron chi connectivity index (χ4n) is 4.35. The molecule has 0 aliphatic carbocycles. The van der Waals surface area contributed by atoms with Gasteiger partial charge >= 0.3 is 0 Å². The number of carbonyl (C=O) groups excluding carboxylic acids is 1. The van der Waals surface area contributed by atoms with Gasteiger partial charge in [-0.05, 0) is 57.2 Å². The second kappa shape index (κ2) is 7.64. The van der Waals surface area contributed by atoms with Gasteiger partial charge in [-0.3, -0.25) is 4.79 Å². The van der Waals surface area contributed by atoms with Crippen molar-refractivity contribution in [3.05, 3.63) is 55.0 Å². The molecular formula is C24H25N7O. The van der Waals surface area contributed by atoms with E-state index in [2.05, 4.69) is 45.1 Å². The molecule has 5 rings (SSSR count). The topological polar surface area (TPSA) is 90.0 Å². The predicted molar refractivity (Wildman–Crippen MR) is 127 cm³/mol. The number of nitrogens with zero attached hydrogens (tertiary/aromatic N) is 5. The lowest BCUT2D eigenvalue weighted by molar-refractivity contribution is -0.119. The van der Waals surface area contributed by atoms with Crippen LogP contribution in [0.5, 0.6) is 0 Å². The van der Waals surface area contributed by atoms with Crippen LogP contribution >= 0.6 is 0 Å². The molecule has 4 aromatic rings. The Labute approximate surface area is 186 Å². The average molecular weight is 428 g/mol. The first-order valence-electron chi connectivity index (χ1n) is 10.7. The highest BCUT2D eigenvalue weighted by Crippen LogP contribution is 2.39. The zero-order chi connectivity index (χ0) is 22.4. The van der Waals surface area contributed by atoms with Gasteiger partial charge in [-0.15, -0.1) is 0 Å². The third-order valence-electron chi connectivity index (χ3n) is 5.90. The monoisotopic (exact) mass is 427 g/mol. The number of hydrogen-bond acceptors (Lipinski definition) is 6. The number of imidazole rings is 1. The Kier molecular flexibility index (Phi) is 4.77. The molecule has 32 heavy (non-hydrogen) atoms. The SMILES string of the molecule is CC(C)N1c2cc(Nc3nccc(-c4ccc5nc[nH]c5c4)n3)ccc2N(C)C(=O)[C@H]1C. The van der Waals surface area contributed by atoms with Crippen molar-refractivity contribution in [2.75, 3.05) is 22.2 Å². The van der Waals surface area contributed by atoms with E-state index in [1.54, 1.807) is 17.4 Å². The summed E-state index contributed by atoms with van der Waals surface area (Å²) in [5.74, 6) is 0.605. The number of carbonyl (C=O) groups is 1. The number of hydrogen-bond donors (Lipinski definition) is 2. The Bertz CT molecular complexity index is 1310. The highest BCUT2D eigenvalue weighted by atomic mass is 16.2. The molecule has 0 unspecified atom stereocenters. The van der Waals surface area contributed by atoms with E-state index in [-0.39, 0.29) is 18.0 Å². The summed E-state index contributed by atoms with van der Waals surface area (Å²) < 4.78 is 0. The van der Waals surface area contributed by atoms with Crippen molar-refractivity contribution in [3.63, 3.8) is 0 Å². The molecule has 0 radical (unpaired) electrons. The number of nitrogens with one attached hydrogen (secondary N) is 2. The lowest BCUT2D eigenvalue weighted by atomic mass is 10.0. The smallest absolute Gasteiger partial charge is 0.249 e. The van der Waals surface area contributed by atoms with Crippen LogP contribution in [0.25, 0.3) is 22.3 Å². The van der Waals surface area contributed by atoms with E-state index >= 15 is 0 Å². The van der Waals surface area contributed by atoms with Gasteiger partial charge in [0.2, 0.25) is 11.9 Å².